The molecule has 2 heterocycles. The molecule has 5 heteroatoms. The van der Waals surface area contributed by atoms with E-state index in [1.54, 1.807) is 18.2 Å². The average molecular weight is 400 g/mol. The fourth-order valence-electron chi connectivity index (χ4n) is 4.00. The lowest BCUT2D eigenvalue weighted by Crippen LogP contribution is -2.07. The van der Waals surface area contributed by atoms with Crippen molar-refractivity contribution in [3.05, 3.63) is 101 Å². The molecule has 0 aliphatic heterocycles. The van der Waals surface area contributed by atoms with Crippen LogP contribution in [0, 0.1) is 5.82 Å². The standard InChI is InChI=1S/C25H21FN2O2/c26-21-3-1-2-17(11-21)15-28-9-8-19-10-16(4-7-24(19)28)12-23-22(25(29)30)13-20(14-27-23)18-5-6-18/h1-4,7-11,13-14,18H,5-6,12,15H2,(H,29,30). The third kappa shape index (κ3) is 3.71. The van der Waals surface area contributed by atoms with E-state index in [1.807, 2.05) is 36.7 Å². The van der Waals surface area contributed by atoms with Crippen molar-refractivity contribution < 1.29 is 14.3 Å². The van der Waals surface area contributed by atoms with Crippen molar-refractivity contribution in [1.82, 2.24) is 9.55 Å². The molecule has 0 spiro atoms. The summed E-state index contributed by atoms with van der Waals surface area (Å²) in [5.74, 6) is -0.693. The summed E-state index contributed by atoms with van der Waals surface area (Å²) in [5, 5.41) is 10.7. The van der Waals surface area contributed by atoms with Crippen LogP contribution in [0.2, 0.25) is 0 Å². The summed E-state index contributed by atoms with van der Waals surface area (Å²) in [7, 11) is 0. The van der Waals surface area contributed by atoms with E-state index in [0.717, 1.165) is 40.4 Å². The summed E-state index contributed by atoms with van der Waals surface area (Å²) in [5.41, 5.74) is 4.89. The number of fused-ring (bicyclic) bond motifs is 1. The van der Waals surface area contributed by atoms with E-state index in [0.29, 0.717) is 30.1 Å². The van der Waals surface area contributed by atoms with Gasteiger partial charge in [0.25, 0.3) is 0 Å². The van der Waals surface area contributed by atoms with Crippen molar-refractivity contribution in [1.29, 1.82) is 0 Å². The molecule has 2 aromatic carbocycles. The minimum atomic E-state index is -0.928. The summed E-state index contributed by atoms with van der Waals surface area (Å²) in [6.07, 6.45) is 6.52. The molecule has 4 aromatic rings. The molecule has 30 heavy (non-hydrogen) atoms. The Hall–Kier alpha value is -3.47. The quantitative estimate of drug-likeness (QED) is 0.472. The van der Waals surface area contributed by atoms with Crippen LogP contribution in [0.4, 0.5) is 4.39 Å². The molecule has 150 valence electrons. The molecule has 0 saturated heterocycles. The molecule has 1 saturated carbocycles. The molecule has 4 nitrogen and oxygen atoms in total. The van der Waals surface area contributed by atoms with E-state index >= 15 is 0 Å². The van der Waals surface area contributed by atoms with Crippen molar-refractivity contribution in [3.63, 3.8) is 0 Å². The molecule has 1 fully saturated rings. The number of nitrogens with zero attached hydrogens (tertiary/aromatic N) is 2. The molecular formula is C25H21FN2O2. The fraction of sp³-hybridized carbons (Fsp3) is 0.200. The largest absolute Gasteiger partial charge is 0.478 e. The van der Waals surface area contributed by atoms with Gasteiger partial charge in [0.05, 0.1) is 11.3 Å². The molecule has 0 radical (unpaired) electrons. The number of aromatic nitrogens is 2. The number of halogens is 1. The second-order valence-electron chi connectivity index (χ2n) is 7.99. The zero-order valence-corrected chi connectivity index (χ0v) is 16.4. The van der Waals surface area contributed by atoms with Crippen molar-refractivity contribution in [2.75, 3.05) is 0 Å². The van der Waals surface area contributed by atoms with E-state index in [2.05, 4.69) is 15.6 Å². The lowest BCUT2D eigenvalue weighted by Gasteiger charge is -2.09. The number of hydrogen-bond donors (Lipinski definition) is 1. The number of pyridine rings is 1. The average Bonchev–Trinajstić information content (AvgIpc) is 3.50. The van der Waals surface area contributed by atoms with Crippen molar-refractivity contribution in [2.45, 2.75) is 31.7 Å². The highest BCUT2D eigenvalue weighted by molar-refractivity contribution is 5.89. The second-order valence-corrected chi connectivity index (χ2v) is 7.99. The number of carboxylic acid groups (broad SMARTS) is 1. The predicted molar refractivity (Wildman–Crippen MR) is 113 cm³/mol. The fourth-order valence-corrected chi connectivity index (χ4v) is 4.00. The third-order valence-electron chi connectivity index (χ3n) is 5.72. The van der Waals surface area contributed by atoms with Gasteiger partial charge in [-0.25, -0.2) is 9.18 Å². The Kier molecular flexibility index (Phi) is 4.58. The van der Waals surface area contributed by atoms with Crippen LogP contribution in [0.5, 0.6) is 0 Å². The Balaban J connectivity index is 1.42. The number of carbonyl (C=O) groups is 1. The molecule has 0 amide bonds. The van der Waals surface area contributed by atoms with Gasteiger partial charge in [0.1, 0.15) is 5.82 Å². The summed E-state index contributed by atoms with van der Waals surface area (Å²) < 4.78 is 15.6. The third-order valence-corrected chi connectivity index (χ3v) is 5.72. The van der Waals surface area contributed by atoms with Crippen molar-refractivity contribution in [3.8, 4) is 0 Å². The smallest absolute Gasteiger partial charge is 0.337 e. The lowest BCUT2D eigenvalue weighted by molar-refractivity contribution is 0.0695. The summed E-state index contributed by atoms with van der Waals surface area (Å²) in [6, 6.07) is 16.5. The number of carboxylic acids is 1. The Morgan fingerprint density at radius 1 is 1.10 bits per heavy atom. The van der Waals surface area contributed by atoms with Gasteiger partial charge in [0, 0.05) is 30.9 Å². The molecule has 1 aliphatic carbocycles. The van der Waals surface area contributed by atoms with Crippen LogP contribution in [0.15, 0.2) is 67.0 Å². The topological polar surface area (TPSA) is 55.1 Å². The first-order valence-electron chi connectivity index (χ1n) is 10.1. The summed E-state index contributed by atoms with van der Waals surface area (Å²) in [4.78, 5) is 16.2. The van der Waals surface area contributed by atoms with Gasteiger partial charge >= 0.3 is 5.97 Å². The first-order valence-corrected chi connectivity index (χ1v) is 10.1. The predicted octanol–water partition coefficient (Wildman–Crippen LogP) is 5.39. The van der Waals surface area contributed by atoms with Crippen LogP contribution in [0.25, 0.3) is 10.9 Å². The summed E-state index contributed by atoms with van der Waals surface area (Å²) >= 11 is 0. The molecule has 5 rings (SSSR count). The van der Waals surface area contributed by atoms with Crippen LogP contribution in [-0.2, 0) is 13.0 Å². The molecule has 0 bridgehead atoms. The van der Waals surface area contributed by atoms with Gasteiger partial charge in [-0.05, 0) is 77.2 Å². The van der Waals surface area contributed by atoms with Crippen LogP contribution in [0.1, 0.15) is 51.5 Å². The van der Waals surface area contributed by atoms with Gasteiger partial charge < -0.3 is 9.67 Å². The highest BCUT2D eigenvalue weighted by atomic mass is 19.1. The van der Waals surface area contributed by atoms with E-state index in [9.17, 15) is 14.3 Å². The molecule has 2 aromatic heterocycles. The highest BCUT2D eigenvalue weighted by Gasteiger charge is 2.25. The second kappa shape index (κ2) is 7.41. The summed E-state index contributed by atoms with van der Waals surface area (Å²) in [6.45, 7) is 0.591. The van der Waals surface area contributed by atoms with Crippen molar-refractivity contribution >= 4 is 16.9 Å². The Morgan fingerprint density at radius 2 is 1.97 bits per heavy atom. The maximum atomic E-state index is 13.5. The molecule has 1 N–H and O–H groups in total. The number of benzene rings is 2. The van der Waals surface area contributed by atoms with Gasteiger partial charge in [-0.15, -0.1) is 0 Å². The van der Waals surface area contributed by atoms with Gasteiger partial charge in [0.15, 0.2) is 0 Å². The maximum absolute atomic E-state index is 13.5. The first-order chi connectivity index (χ1) is 14.6. The zero-order chi connectivity index (χ0) is 20.7. The van der Waals surface area contributed by atoms with E-state index in [1.165, 1.54) is 6.07 Å². The molecule has 1 aliphatic rings. The molecule has 0 atom stereocenters. The Bertz CT molecular complexity index is 1260. The minimum absolute atomic E-state index is 0.235. The first kappa shape index (κ1) is 18.6. The SMILES string of the molecule is O=C(O)c1cc(C2CC2)cnc1Cc1ccc2c(ccn2Cc2cccc(F)c2)c1. The van der Waals surface area contributed by atoms with E-state index in [-0.39, 0.29) is 5.82 Å². The Morgan fingerprint density at radius 3 is 2.73 bits per heavy atom. The maximum Gasteiger partial charge on any atom is 0.337 e. The van der Waals surface area contributed by atoms with Crippen molar-refractivity contribution in [2.24, 2.45) is 0 Å². The van der Waals surface area contributed by atoms with Gasteiger partial charge in [-0.2, -0.15) is 0 Å². The highest BCUT2D eigenvalue weighted by Crippen LogP contribution is 2.40. The molecule has 0 unspecified atom stereocenters. The van der Waals surface area contributed by atoms with E-state index in [4.69, 9.17) is 0 Å². The minimum Gasteiger partial charge on any atom is -0.478 e. The number of hydrogen-bond acceptors (Lipinski definition) is 2. The number of aromatic carboxylic acids is 1. The number of rotatable bonds is 6. The zero-order valence-electron chi connectivity index (χ0n) is 16.4. The normalized spacial score (nSPS) is 13.6. The van der Waals surface area contributed by atoms with Gasteiger partial charge in [0.2, 0.25) is 0 Å². The monoisotopic (exact) mass is 400 g/mol. The van der Waals surface area contributed by atoms with Crippen LogP contribution in [-0.4, -0.2) is 20.6 Å². The Labute approximate surface area is 173 Å². The van der Waals surface area contributed by atoms with Gasteiger partial charge in [-0.1, -0.05) is 18.2 Å². The molecular weight excluding hydrogens is 379 g/mol. The van der Waals surface area contributed by atoms with Crippen LogP contribution in [0.3, 0.4) is 0 Å². The van der Waals surface area contributed by atoms with Gasteiger partial charge in [-0.3, -0.25) is 4.98 Å². The lowest BCUT2D eigenvalue weighted by atomic mass is 10.0. The van der Waals surface area contributed by atoms with E-state index < -0.39 is 5.97 Å². The van der Waals surface area contributed by atoms with Crippen LogP contribution < -0.4 is 0 Å². The van der Waals surface area contributed by atoms with Crippen LogP contribution >= 0.6 is 0 Å².